The smallest absolute Gasteiger partial charge is 0.307 e. The largest absolute Gasteiger partial charge is 0.481 e. The molecule has 1 fully saturated rings. The first-order valence-electron chi connectivity index (χ1n) is 7.37. The first-order chi connectivity index (χ1) is 10.4. The molecule has 0 spiro atoms. The molecule has 0 aliphatic carbocycles. The number of aliphatic carboxylic acids is 1. The fraction of sp³-hybridized carbons (Fsp3) is 0.571. The first kappa shape index (κ1) is 15.2. The average Bonchev–Trinajstić information content (AvgIpc) is 2.91. The van der Waals surface area contributed by atoms with Gasteiger partial charge in [0.25, 0.3) is 0 Å². The molecule has 120 valence electrons. The predicted octanol–water partition coefficient (Wildman–Crippen LogP) is 0.874. The van der Waals surface area contributed by atoms with Gasteiger partial charge in [0, 0.05) is 25.3 Å². The molecule has 0 amide bonds. The van der Waals surface area contributed by atoms with Crippen molar-refractivity contribution in [3.63, 3.8) is 0 Å². The molecule has 22 heavy (non-hydrogen) atoms. The van der Waals surface area contributed by atoms with E-state index in [0.717, 1.165) is 5.56 Å². The Morgan fingerprint density at radius 2 is 2.18 bits per heavy atom. The molecule has 0 bridgehead atoms. The van der Waals surface area contributed by atoms with Crippen molar-refractivity contribution in [3.05, 3.63) is 23.9 Å². The Morgan fingerprint density at radius 1 is 1.41 bits per heavy atom. The van der Waals surface area contributed by atoms with Crippen molar-refractivity contribution in [2.24, 2.45) is 5.92 Å². The van der Waals surface area contributed by atoms with Gasteiger partial charge < -0.3 is 5.11 Å². The average molecular weight is 325 g/mol. The van der Waals surface area contributed by atoms with E-state index >= 15 is 0 Å². The highest BCUT2D eigenvalue weighted by Crippen LogP contribution is 2.32. The molecule has 8 heteroatoms. The number of hydrogen-bond donors (Lipinski definition) is 1. The number of hydrogen-bond acceptors (Lipinski definition) is 4. The molecular formula is C14H19N3O4S. The maximum Gasteiger partial charge on any atom is 0.307 e. The lowest BCUT2D eigenvalue weighted by atomic mass is 9.96. The van der Waals surface area contributed by atoms with E-state index in [1.807, 2.05) is 13.0 Å². The molecule has 0 unspecified atom stereocenters. The number of carbonyl (C=O) groups is 1. The van der Waals surface area contributed by atoms with Crippen molar-refractivity contribution in [3.8, 4) is 0 Å². The van der Waals surface area contributed by atoms with Crippen LogP contribution < -0.4 is 4.31 Å². The van der Waals surface area contributed by atoms with E-state index in [2.05, 4.69) is 4.98 Å². The van der Waals surface area contributed by atoms with Crippen LogP contribution in [0.2, 0.25) is 0 Å². The minimum Gasteiger partial charge on any atom is -0.481 e. The van der Waals surface area contributed by atoms with Crippen LogP contribution in [0.15, 0.2) is 18.3 Å². The summed E-state index contributed by atoms with van der Waals surface area (Å²) in [6.07, 6.45) is 3.27. The number of nitrogens with zero attached hydrogens (tertiary/aromatic N) is 3. The molecule has 1 saturated heterocycles. The summed E-state index contributed by atoms with van der Waals surface area (Å²) in [5.74, 6) is -1.11. The molecule has 0 saturated carbocycles. The third-order valence-electron chi connectivity index (χ3n) is 4.44. The second-order valence-electron chi connectivity index (χ2n) is 5.85. The Kier molecular flexibility index (Phi) is 3.82. The fourth-order valence-electron chi connectivity index (χ4n) is 3.13. The molecule has 3 rings (SSSR count). The summed E-state index contributed by atoms with van der Waals surface area (Å²) in [7, 11) is -3.75. The highest BCUT2D eigenvalue weighted by atomic mass is 32.2. The lowest BCUT2D eigenvalue weighted by Gasteiger charge is -2.37. The normalized spacial score (nSPS) is 26.0. The zero-order chi connectivity index (χ0) is 15.9. The Hall–Kier alpha value is -1.67. The molecule has 1 aromatic heterocycles. The highest BCUT2D eigenvalue weighted by Gasteiger charge is 2.41. The number of anilines is 1. The quantitative estimate of drug-likeness (QED) is 0.890. The van der Waals surface area contributed by atoms with Crippen molar-refractivity contribution >= 4 is 22.0 Å². The van der Waals surface area contributed by atoms with Crippen molar-refractivity contribution in [2.45, 2.75) is 32.2 Å². The number of aromatic nitrogens is 1. The lowest BCUT2D eigenvalue weighted by molar-refractivity contribution is -0.143. The van der Waals surface area contributed by atoms with Crippen LogP contribution in [0.1, 0.15) is 25.3 Å². The minimum absolute atomic E-state index is 0.0253. The van der Waals surface area contributed by atoms with Crippen molar-refractivity contribution in [2.75, 3.05) is 17.4 Å². The molecule has 7 nitrogen and oxygen atoms in total. The van der Waals surface area contributed by atoms with Crippen LogP contribution in [0, 0.1) is 5.92 Å². The molecule has 2 aliphatic heterocycles. The lowest BCUT2D eigenvalue weighted by Crippen LogP contribution is -2.52. The molecule has 1 N–H and O–H groups in total. The van der Waals surface area contributed by atoms with Gasteiger partial charge in [0.2, 0.25) is 0 Å². The monoisotopic (exact) mass is 325 g/mol. The number of rotatable bonds is 3. The summed E-state index contributed by atoms with van der Waals surface area (Å²) in [6, 6.07) is 3.46. The number of fused-ring (bicyclic) bond motifs is 1. The van der Waals surface area contributed by atoms with Crippen LogP contribution in [0.5, 0.6) is 0 Å². The molecule has 1 aromatic rings. The third kappa shape index (κ3) is 2.46. The van der Waals surface area contributed by atoms with Crippen molar-refractivity contribution < 1.29 is 18.3 Å². The molecule has 3 heterocycles. The Bertz CT molecular complexity index is 691. The SMILES string of the molecule is C[C@@H]1CC[C@H](C(=O)O)CN1S(=O)(=O)N1CCc2cccnc21. The topological polar surface area (TPSA) is 90.8 Å². The molecule has 2 aliphatic rings. The van der Waals surface area contributed by atoms with Crippen LogP contribution in [0.3, 0.4) is 0 Å². The van der Waals surface area contributed by atoms with E-state index in [1.165, 1.54) is 8.61 Å². The summed E-state index contributed by atoms with van der Waals surface area (Å²) in [5, 5.41) is 9.18. The van der Waals surface area contributed by atoms with Crippen molar-refractivity contribution in [1.82, 2.24) is 9.29 Å². The van der Waals surface area contributed by atoms with E-state index in [1.54, 1.807) is 12.3 Å². The van der Waals surface area contributed by atoms with Gasteiger partial charge in [-0.25, -0.2) is 9.29 Å². The van der Waals surface area contributed by atoms with Crippen LogP contribution in [0.4, 0.5) is 5.82 Å². The van der Waals surface area contributed by atoms with Gasteiger partial charge in [0.05, 0.1) is 5.92 Å². The summed E-state index contributed by atoms with van der Waals surface area (Å²) in [6.45, 7) is 2.21. The number of piperidine rings is 1. The van der Waals surface area contributed by atoms with Crippen LogP contribution in [-0.2, 0) is 21.4 Å². The van der Waals surface area contributed by atoms with Gasteiger partial charge in [-0.05, 0) is 37.8 Å². The van der Waals surface area contributed by atoms with Gasteiger partial charge >= 0.3 is 16.2 Å². The highest BCUT2D eigenvalue weighted by molar-refractivity contribution is 7.90. The molecule has 0 radical (unpaired) electrons. The van der Waals surface area contributed by atoms with E-state index in [-0.39, 0.29) is 12.6 Å². The van der Waals surface area contributed by atoms with Gasteiger partial charge in [-0.15, -0.1) is 0 Å². The van der Waals surface area contributed by atoms with Gasteiger partial charge in [-0.2, -0.15) is 12.7 Å². The zero-order valence-electron chi connectivity index (χ0n) is 12.3. The second kappa shape index (κ2) is 5.51. The summed E-state index contributed by atoms with van der Waals surface area (Å²) in [4.78, 5) is 15.4. The van der Waals surface area contributed by atoms with E-state index in [0.29, 0.717) is 31.6 Å². The van der Waals surface area contributed by atoms with Crippen LogP contribution in [-0.4, -0.2) is 47.9 Å². The van der Waals surface area contributed by atoms with E-state index in [4.69, 9.17) is 0 Å². The second-order valence-corrected chi connectivity index (χ2v) is 7.65. The summed E-state index contributed by atoms with van der Waals surface area (Å²) in [5.41, 5.74) is 0.908. The van der Waals surface area contributed by atoms with Gasteiger partial charge in [-0.3, -0.25) is 4.79 Å². The maximum atomic E-state index is 12.9. The molecular weight excluding hydrogens is 306 g/mol. The number of carboxylic acids is 1. The first-order valence-corrected chi connectivity index (χ1v) is 8.77. The van der Waals surface area contributed by atoms with Crippen LogP contribution in [0.25, 0.3) is 0 Å². The minimum atomic E-state index is -3.75. The fourth-order valence-corrected chi connectivity index (χ4v) is 5.01. The Labute approximate surface area is 129 Å². The van der Waals surface area contributed by atoms with E-state index in [9.17, 15) is 18.3 Å². The molecule has 2 atom stereocenters. The van der Waals surface area contributed by atoms with E-state index < -0.39 is 22.1 Å². The van der Waals surface area contributed by atoms with Gasteiger partial charge in [-0.1, -0.05) is 6.07 Å². The van der Waals surface area contributed by atoms with Crippen LogP contribution >= 0.6 is 0 Å². The Morgan fingerprint density at radius 3 is 2.91 bits per heavy atom. The third-order valence-corrected chi connectivity index (χ3v) is 6.45. The Balaban J connectivity index is 1.91. The number of pyridine rings is 1. The number of carboxylic acid groups (broad SMARTS) is 1. The van der Waals surface area contributed by atoms with Gasteiger partial charge in [0.1, 0.15) is 5.82 Å². The summed E-state index contributed by atoms with van der Waals surface area (Å²) >= 11 is 0. The summed E-state index contributed by atoms with van der Waals surface area (Å²) < 4.78 is 28.5. The maximum absolute atomic E-state index is 12.9. The zero-order valence-corrected chi connectivity index (χ0v) is 13.2. The molecule has 0 aromatic carbocycles. The van der Waals surface area contributed by atoms with Gasteiger partial charge in [0.15, 0.2) is 0 Å². The van der Waals surface area contributed by atoms with Crippen molar-refractivity contribution in [1.29, 1.82) is 0 Å². The predicted molar refractivity (Wildman–Crippen MR) is 80.7 cm³/mol. The standard InChI is InChI=1S/C14H19N3O4S/c1-10-4-5-12(14(18)19)9-17(10)22(20,21)16-8-6-11-3-2-7-15-13(11)16/h2-3,7,10,12H,4-6,8-9H2,1H3,(H,18,19)/t10-,12+/m1/s1.